The van der Waals surface area contributed by atoms with Crippen molar-refractivity contribution in [2.75, 3.05) is 19.6 Å². The summed E-state index contributed by atoms with van der Waals surface area (Å²) in [5, 5.41) is 1.89. The van der Waals surface area contributed by atoms with Gasteiger partial charge in [0.25, 0.3) is 5.91 Å². The number of ketones is 1. The molecule has 4 rings (SSSR count). The summed E-state index contributed by atoms with van der Waals surface area (Å²) in [6.07, 6.45) is 3.96. The number of Topliss-reactive ketones (excluding diaryl/α,β-unsaturated/α-hetero) is 1. The van der Waals surface area contributed by atoms with Crippen LogP contribution >= 0.6 is 11.3 Å². The molecule has 0 spiro atoms. The van der Waals surface area contributed by atoms with Crippen LogP contribution in [0.4, 0.5) is 0 Å². The summed E-state index contributed by atoms with van der Waals surface area (Å²) in [5.74, 6) is 0.735. The van der Waals surface area contributed by atoms with E-state index in [1.807, 2.05) is 34.5 Å². The van der Waals surface area contributed by atoms with Crippen LogP contribution in [-0.4, -0.2) is 53.1 Å². The van der Waals surface area contributed by atoms with E-state index in [0.29, 0.717) is 43.3 Å². The lowest BCUT2D eigenvalue weighted by Crippen LogP contribution is -2.50. The van der Waals surface area contributed by atoms with E-state index >= 15 is 0 Å². The maximum absolute atomic E-state index is 13.2. The lowest BCUT2D eigenvalue weighted by atomic mass is 9.88. The first-order valence-electron chi connectivity index (χ1n) is 11.7. The van der Waals surface area contributed by atoms with Gasteiger partial charge in [0.1, 0.15) is 6.04 Å². The van der Waals surface area contributed by atoms with Crippen LogP contribution in [0, 0.1) is 11.8 Å². The number of carbonyl (C=O) groups excluding carboxylic acids is 3. The van der Waals surface area contributed by atoms with Gasteiger partial charge in [0.2, 0.25) is 5.91 Å². The minimum atomic E-state index is -0.370. The minimum absolute atomic E-state index is 0.0383. The molecular weight excluding hydrogens is 420 g/mol. The summed E-state index contributed by atoms with van der Waals surface area (Å²) < 4.78 is 0. The second-order valence-corrected chi connectivity index (χ2v) is 10.3. The van der Waals surface area contributed by atoms with Crippen molar-refractivity contribution < 1.29 is 14.4 Å². The van der Waals surface area contributed by atoms with Gasteiger partial charge in [-0.1, -0.05) is 44.2 Å². The summed E-state index contributed by atoms with van der Waals surface area (Å²) in [5.41, 5.74) is 2.03. The van der Waals surface area contributed by atoms with Gasteiger partial charge in [0.15, 0.2) is 5.78 Å². The van der Waals surface area contributed by atoms with Gasteiger partial charge < -0.3 is 9.80 Å². The maximum Gasteiger partial charge on any atom is 0.264 e. The number of nitrogens with zero attached hydrogens (tertiary/aromatic N) is 2. The Morgan fingerprint density at radius 3 is 2.34 bits per heavy atom. The van der Waals surface area contributed by atoms with Crippen LogP contribution in [0.1, 0.15) is 65.1 Å². The van der Waals surface area contributed by atoms with Crippen LogP contribution < -0.4 is 0 Å². The molecule has 3 heterocycles. The Balaban J connectivity index is 1.33. The Morgan fingerprint density at radius 2 is 1.72 bits per heavy atom. The van der Waals surface area contributed by atoms with Crippen molar-refractivity contribution in [2.24, 2.45) is 11.8 Å². The molecule has 0 unspecified atom stereocenters. The first-order valence-corrected chi connectivity index (χ1v) is 12.6. The van der Waals surface area contributed by atoms with E-state index in [4.69, 9.17) is 0 Å². The number of rotatable bonds is 6. The molecule has 0 aliphatic carbocycles. The number of benzene rings is 1. The van der Waals surface area contributed by atoms with E-state index < -0.39 is 0 Å². The minimum Gasteiger partial charge on any atom is -0.341 e. The molecule has 0 N–H and O–H groups in total. The van der Waals surface area contributed by atoms with Crippen LogP contribution in [0.15, 0.2) is 41.8 Å². The largest absolute Gasteiger partial charge is 0.341 e. The van der Waals surface area contributed by atoms with E-state index in [1.54, 1.807) is 4.90 Å². The highest BCUT2D eigenvalue weighted by Gasteiger charge is 2.38. The van der Waals surface area contributed by atoms with E-state index in [9.17, 15) is 14.4 Å². The van der Waals surface area contributed by atoms with Crippen molar-refractivity contribution in [2.45, 2.75) is 52.0 Å². The van der Waals surface area contributed by atoms with Crippen molar-refractivity contribution in [1.29, 1.82) is 0 Å². The van der Waals surface area contributed by atoms with Gasteiger partial charge in [-0.15, -0.1) is 11.3 Å². The van der Waals surface area contributed by atoms with Crippen LogP contribution in [0.2, 0.25) is 0 Å². The van der Waals surface area contributed by atoms with Crippen LogP contribution in [0.25, 0.3) is 0 Å². The van der Waals surface area contributed by atoms with Gasteiger partial charge in [-0.2, -0.15) is 0 Å². The number of amides is 2. The number of piperidine rings is 1. The fourth-order valence-electron chi connectivity index (χ4n) is 4.89. The van der Waals surface area contributed by atoms with Gasteiger partial charge in [-0.3, -0.25) is 14.4 Å². The molecule has 2 aliphatic rings. The third-order valence-electron chi connectivity index (χ3n) is 6.59. The van der Waals surface area contributed by atoms with Gasteiger partial charge in [-0.05, 0) is 55.0 Å². The topological polar surface area (TPSA) is 57.7 Å². The van der Waals surface area contributed by atoms with Gasteiger partial charge in [-0.25, -0.2) is 0 Å². The van der Waals surface area contributed by atoms with Crippen molar-refractivity contribution in [3.05, 3.63) is 57.8 Å². The van der Waals surface area contributed by atoms with Crippen LogP contribution in [0.3, 0.4) is 0 Å². The van der Waals surface area contributed by atoms with E-state index in [0.717, 1.165) is 24.8 Å². The zero-order valence-electron chi connectivity index (χ0n) is 19.0. The predicted octanol–water partition coefficient (Wildman–Crippen LogP) is 4.67. The maximum atomic E-state index is 13.2. The lowest BCUT2D eigenvalue weighted by Gasteiger charge is -2.35. The summed E-state index contributed by atoms with van der Waals surface area (Å²) in [6, 6.07) is 11.3. The summed E-state index contributed by atoms with van der Waals surface area (Å²) in [7, 11) is 0. The molecule has 0 saturated carbocycles. The highest BCUT2D eigenvalue weighted by atomic mass is 32.1. The van der Waals surface area contributed by atoms with Crippen molar-refractivity contribution >= 4 is 28.9 Å². The Kier molecular flexibility index (Phi) is 7.09. The molecular formula is C26H32N2O3S. The fraction of sp³-hybridized carbons (Fsp3) is 0.500. The molecule has 170 valence electrons. The molecule has 2 saturated heterocycles. The zero-order valence-corrected chi connectivity index (χ0v) is 19.8. The van der Waals surface area contributed by atoms with E-state index in [1.165, 1.54) is 16.9 Å². The standard InChI is InChI=1S/C26H32N2O3S/c1-18(2)17-19-7-9-20(10-8-19)24(29)21-11-14-27(15-12-21)25(30)22-5-3-13-28(22)26(31)23-6-4-16-32-23/h4,6-10,16,18,21-22H,3,5,11-15,17H2,1-2H3/t22-/m0/s1. The third kappa shape index (κ3) is 4.96. The van der Waals surface area contributed by atoms with Crippen molar-refractivity contribution in [3.8, 4) is 0 Å². The molecule has 1 atom stereocenters. The van der Waals surface area contributed by atoms with Crippen LogP contribution in [-0.2, 0) is 11.2 Å². The smallest absolute Gasteiger partial charge is 0.264 e. The van der Waals surface area contributed by atoms with Crippen LogP contribution in [0.5, 0.6) is 0 Å². The van der Waals surface area contributed by atoms with Crippen molar-refractivity contribution in [1.82, 2.24) is 9.80 Å². The molecule has 0 radical (unpaired) electrons. The number of likely N-dealkylation sites (tertiary alicyclic amines) is 2. The molecule has 2 aromatic rings. The Bertz CT molecular complexity index is 944. The summed E-state index contributed by atoms with van der Waals surface area (Å²) in [4.78, 5) is 43.3. The molecule has 5 nitrogen and oxygen atoms in total. The molecule has 1 aromatic carbocycles. The second kappa shape index (κ2) is 9.99. The first kappa shape index (κ1) is 22.7. The first-order chi connectivity index (χ1) is 15.4. The monoisotopic (exact) mass is 452 g/mol. The Labute approximate surface area is 194 Å². The number of thiophene rings is 1. The number of carbonyl (C=O) groups is 3. The molecule has 2 fully saturated rings. The number of hydrogen-bond acceptors (Lipinski definition) is 4. The SMILES string of the molecule is CC(C)Cc1ccc(C(=O)C2CCN(C(=O)[C@@H]3CCCN3C(=O)c3cccs3)CC2)cc1. The summed E-state index contributed by atoms with van der Waals surface area (Å²) in [6.45, 7) is 6.18. The average molecular weight is 453 g/mol. The fourth-order valence-corrected chi connectivity index (χ4v) is 5.57. The van der Waals surface area contributed by atoms with E-state index in [-0.39, 0.29) is 29.6 Å². The van der Waals surface area contributed by atoms with Gasteiger partial charge >= 0.3 is 0 Å². The molecule has 1 aromatic heterocycles. The summed E-state index contributed by atoms with van der Waals surface area (Å²) >= 11 is 1.42. The second-order valence-electron chi connectivity index (χ2n) is 9.39. The van der Waals surface area contributed by atoms with Gasteiger partial charge in [0, 0.05) is 31.1 Å². The Morgan fingerprint density at radius 1 is 1.00 bits per heavy atom. The normalized spacial score (nSPS) is 19.5. The highest BCUT2D eigenvalue weighted by molar-refractivity contribution is 7.12. The lowest BCUT2D eigenvalue weighted by molar-refractivity contribution is -0.136. The highest BCUT2D eigenvalue weighted by Crippen LogP contribution is 2.27. The zero-order chi connectivity index (χ0) is 22.7. The molecule has 0 bridgehead atoms. The third-order valence-corrected chi connectivity index (χ3v) is 7.45. The average Bonchev–Trinajstić information content (AvgIpc) is 3.50. The van der Waals surface area contributed by atoms with E-state index in [2.05, 4.69) is 26.0 Å². The Hall–Kier alpha value is -2.47. The number of hydrogen-bond donors (Lipinski definition) is 0. The molecule has 32 heavy (non-hydrogen) atoms. The predicted molar refractivity (Wildman–Crippen MR) is 127 cm³/mol. The molecule has 2 amide bonds. The molecule has 6 heteroatoms. The molecule has 2 aliphatic heterocycles. The van der Waals surface area contributed by atoms with Gasteiger partial charge in [0.05, 0.1) is 4.88 Å². The quantitative estimate of drug-likeness (QED) is 0.599. The van der Waals surface area contributed by atoms with Crippen molar-refractivity contribution in [3.63, 3.8) is 0 Å².